The van der Waals surface area contributed by atoms with E-state index in [1.807, 2.05) is 24.4 Å². The molecule has 0 aliphatic heterocycles. The van der Waals surface area contributed by atoms with Crippen molar-refractivity contribution in [2.45, 2.75) is 45.4 Å². The van der Waals surface area contributed by atoms with E-state index >= 15 is 0 Å². The van der Waals surface area contributed by atoms with Gasteiger partial charge in [0, 0.05) is 23.7 Å². The maximum Gasteiger partial charge on any atom is 0.0621 e. The lowest BCUT2D eigenvalue weighted by Crippen LogP contribution is -2.60. The minimum Gasteiger partial charge on any atom is -0.392 e. The van der Waals surface area contributed by atoms with E-state index in [0.717, 1.165) is 12.1 Å². The first-order valence-corrected chi connectivity index (χ1v) is 5.87. The Hall–Kier alpha value is -0.930. The molecule has 1 heterocycles. The Morgan fingerprint density at radius 3 is 2.75 bits per heavy atom. The van der Waals surface area contributed by atoms with Crippen LogP contribution in [0.25, 0.3) is 0 Å². The summed E-state index contributed by atoms with van der Waals surface area (Å²) in [5.41, 5.74) is 1.03. The van der Waals surface area contributed by atoms with Crippen LogP contribution in [0.5, 0.6) is 0 Å². The first kappa shape index (κ1) is 11.6. The number of hydrogen-bond acceptors (Lipinski definition) is 3. The van der Waals surface area contributed by atoms with Crippen LogP contribution in [-0.4, -0.2) is 22.2 Å². The van der Waals surface area contributed by atoms with Gasteiger partial charge in [-0.25, -0.2) is 0 Å². The van der Waals surface area contributed by atoms with E-state index in [-0.39, 0.29) is 17.6 Å². The molecule has 0 aromatic carbocycles. The van der Waals surface area contributed by atoms with Crippen LogP contribution in [0.2, 0.25) is 0 Å². The maximum atomic E-state index is 9.67. The second kappa shape index (κ2) is 4.15. The average molecular weight is 220 g/mol. The highest BCUT2D eigenvalue weighted by molar-refractivity contribution is 5.10. The second-order valence-corrected chi connectivity index (χ2v) is 5.27. The van der Waals surface area contributed by atoms with Crippen LogP contribution in [0.15, 0.2) is 24.4 Å². The van der Waals surface area contributed by atoms with Gasteiger partial charge in [-0.2, -0.15) is 0 Å². The van der Waals surface area contributed by atoms with Gasteiger partial charge in [-0.05, 0) is 25.5 Å². The number of aromatic nitrogens is 1. The maximum absolute atomic E-state index is 9.67. The van der Waals surface area contributed by atoms with Gasteiger partial charge in [-0.3, -0.25) is 4.98 Å². The molecule has 3 atom stereocenters. The summed E-state index contributed by atoms with van der Waals surface area (Å²) >= 11 is 0. The third kappa shape index (κ3) is 1.97. The fourth-order valence-electron chi connectivity index (χ4n) is 2.20. The molecule has 2 unspecified atom stereocenters. The first-order chi connectivity index (χ1) is 7.51. The Morgan fingerprint density at radius 2 is 2.25 bits per heavy atom. The quantitative estimate of drug-likeness (QED) is 0.817. The van der Waals surface area contributed by atoms with Crippen LogP contribution in [0, 0.1) is 5.41 Å². The normalized spacial score (nSPS) is 29.5. The number of nitrogens with one attached hydrogen (secondary N) is 1. The highest BCUT2D eigenvalue weighted by Gasteiger charge is 2.47. The van der Waals surface area contributed by atoms with Gasteiger partial charge in [0.25, 0.3) is 0 Å². The summed E-state index contributed by atoms with van der Waals surface area (Å²) in [7, 11) is 0. The summed E-state index contributed by atoms with van der Waals surface area (Å²) in [5.74, 6) is 0. The predicted octanol–water partition coefficient (Wildman–Crippen LogP) is 1.89. The minimum absolute atomic E-state index is 0.0248. The predicted molar refractivity (Wildman–Crippen MR) is 64.0 cm³/mol. The van der Waals surface area contributed by atoms with E-state index in [2.05, 4.69) is 31.1 Å². The zero-order chi connectivity index (χ0) is 11.8. The first-order valence-electron chi connectivity index (χ1n) is 5.87. The minimum atomic E-state index is -0.180. The Kier molecular flexibility index (Phi) is 3.00. The van der Waals surface area contributed by atoms with Crippen LogP contribution in [0.1, 0.15) is 38.9 Å². The number of pyridine rings is 1. The Labute approximate surface area is 96.9 Å². The molecular formula is C13H20N2O. The van der Waals surface area contributed by atoms with E-state index < -0.39 is 0 Å². The Morgan fingerprint density at radius 1 is 1.50 bits per heavy atom. The Balaban J connectivity index is 1.97. The van der Waals surface area contributed by atoms with Crippen molar-refractivity contribution in [3.63, 3.8) is 0 Å². The summed E-state index contributed by atoms with van der Waals surface area (Å²) in [6.45, 7) is 6.32. The summed E-state index contributed by atoms with van der Waals surface area (Å²) in [5, 5.41) is 13.2. The van der Waals surface area contributed by atoms with Crippen LogP contribution < -0.4 is 5.32 Å². The molecule has 0 bridgehead atoms. The molecule has 1 aromatic rings. The molecule has 3 nitrogen and oxygen atoms in total. The molecule has 0 radical (unpaired) electrons. The topological polar surface area (TPSA) is 45.1 Å². The third-order valence-electron chi connectivity index (χ3n) is 3.80. The van der Waals surface area contributed by atoms with E-state index in [4.69, 9.17) is 0 Å². The van der Waals surface area contributed by atoms with Crippen molar-refractivity contribution in [3.8, 4) is 0 Å². The molecule has 2 N–H and O–H groups in total. The molecule has 16 heavy (non-hydrogen) atoms. The number of hydrogen-bond donors (Lipinski definition) is 2. The summed E-state index contributed by atoms with van der Waals surface area (Å²) in [6.07, 6.45) is 2.47. The molecule has 0 amide bonds. The van der Waals surface area contributed by atoms with Gasteiger partial charge >= 0.3 is 0 Å². The van der Waals surface area contributed by atoms with Gasteiger partial charge in [0.05, 0.1) is 11.8 Å². The summed E-state index contributed by atoms with van der Waals surface area (Å²) < 4.78 is 0. The molecule has 0 saturated heterocycles. The van der Waals surface area contributed by atoms with Crippen molar-refractivity contribution in [1.82, 2.24) is 10.3 Å². The average Bonchev–Trinajstić information content (AvgIpc) is 2.29. The van der Waals surface area contributed by atoms with Crippen molar-refractivity contribution in [2.75, 3.05) is 0 Å². The van der Waals surface area contributed by atoms with Gasteiger partial charge in [0.15, 0.2) is 0 Å². The molecule has 2 rings (SSSR count). The van der Waals surface area contributed by atoms with Crippen molar-refractivity contribution in [1.29, 1.82) is 0 Å². The molecule has 1 aromatic heterocycles. The molecule has 88 valence electrons. The van der Waals surface area contributed by atoms with Crippen molar-refractivity contribution in [2.24, 2.45) is 5.41 Å². The summed E-state index contributed by atoms with van der Waals surface area (Å²) in [4.78, 5) is 4.33. The Bertz CT molecular complexity index is 350. The lowest BCUT2D eigenvalue weighted by Gasteiger charge is -2.50. The van der Waals surface area contributed by atoms with Crippen LogP contribution >= 0.6 is 0 Å². The fraction of sp³-hybridized carbons (Fsp3) is 0.615. The zero-order valence-corrected chi connectivity index (χ0v) is 10.1. The molecule has 1 aliphatic carbocycles. The number of aliphatic hydroxyl groups is 1. The largest absolute Gasteiger partial charge is 0.392 e. The monoisotopic (exact) mass is 220 g/mol. The molecule has 3 heteroatoms. The van der Waals surface area contributed by atoms with E-state index in [1.165, 1.54) is 0 Å². The van der Waals surface area contributed by atoms with E-state index in [1.54, 1.807) is 0 Å². The lowest BCUT2D eigenvalue weighted by molar-refractivity contribution is -0.0756. The lowest BCUT2D eigenvalue weighted by atomic mass is 9.64. The van der Waals surface area contributed by atoms with Crippen molar-refractivity contribution >= 4 is 0 Å². The van der Waals surface area contributed by atoms with Gasteiger partial charge in [0.1, 0.15) is 0 Å². The summed E-state index contributed by atoms with van der Waals surface area (Å²) in [6, 6.07) is 6.56. The highest BCUT2D eigenvalue weighted by Crippen LogP contribution is 2.41. The van der Waals surface area contributed by atoms with Crippen molar-refractivity contribution in [3.05, 3.63) is 30.1 Å². The fourth-order valence-corrected chi connectivity index (χ4v) is 2.20. The van der Waals surface area contributed by atoms with Gasteiger partial charge in [0.2, 0.25) is 0 Å². The zero-order valence-electron chi connectivity index (χ0n) is 10.1. The van der Waals surface area contributed by atoms with E-state index in [0.29, 0.717) is 6.04 Å². The molecule has 1 saturated carbocycles. The standard InChI is InChI=1S/C13H20N2O/c1-9(10-6-4-5-7-14-10)15-11-8-12(16)13(11,2)3/h4-7,9,11-12,15-16H,8H2,1-3H3/t9-,11?,12?/m0/s1. The van der Waals surface area contributed by atoms with Crippen LogP contribution in [0.3, 0.4) is 0 Å². The molecule has 0 spiro atoms. The van der Waals surface area contributed by atoms with Gasteiger partial charge in [-0.15, -0.1) is 0 Å². The molecule has 1 fully saturated rings. The number of rotatable bonds is 3. The highest BCUT2D eigenvalue weighted by atomic mass is 16.3. The molecular weight excluding hydrogens is 200 g/mol. The SMILES string of the molecule is C[C@H](NC1CC(O)C1(C)C)c1ccccn1. The number of nitrogens with zero attached hydrogens (tertiary/aromatic N) is 1. The number of aliphatic hydroxyl groups excluding tert-OH is 1. The van der Waals surface area contributed by atoms with Gasteiger partial charge in [-0.1, -0.05) is 19.9 Å². The van der Waals surface area contributed by atoms with Crippen LogP contribution in [-0.2, 0) is 0 Å². The van der Waals surface area contributed by atoms with E-state index in [9.17, 15) is 5.11 Å². The third-order valence-corrected chi connectivity index (χ3v) is 3.80. The van der Waals surface area contributed by atoms with Gasteiger partial charge < -0.3 is 10.4 Å². The van der Waals surface area contributed by atoms with Crippen LogP contribution in [0.4, 0.5) is 0 Å². The smallest absolute Gasteiger partial charge is 0.0621 e. The molecule has 1 aliphatic rings. The van der Waals surface area contributed by atoms with Crippen molar-refractivity contribution < 1.29 is 5.11 Å². The second-order valence-electron chi connectivity index (χ2n) is 5.27.